The largest absolute Gasteiger partial charge is 0.341 e. The van der Waals surface area contributed by atoms with Gasteiger partial charge in [-0.3, -0.25) is 4.79 Å². The Kier molecular flexibility index (Phi) is 3.71. The summed E-state index contributed by atoms with van der Waals surface area (Å²) in [5, 5.41) is 8.32. The molecule has 0 aromatic carbocycles. The summed E-state index contributed by atoms with van der Waals surface area (Å²) >= 11 is 0. The SMILES string of the molecule is N#CCCC(=O)N1CCC[C@H](N)C1. The number of carbonyl (C=O) groups excluding carboxylic acids is 1. The molecule has 13 heavy (non-hydrogen) atoms. The van der Waals surface area contributed by atoms with Gasteiger partial charge in [0.15, 0.2) is 0 Å². The molecule has 0 bridgehead atoms. The minimum absolute atomic E-state index is 0.0664. The predicted octanol–water partition coefficient (Wildman–Crippen LogP) is 0.240. The summed E-state index contributed by atoms with van der Waals surface area (Å²) in [5.74, 6) is 0.0664. The fourth-order valence-corrected chi connectivity index (χ4v) is 1.56. The summed E-state index contributed by atoms with van der Waals surface area (Å²) in [5.41, 5.74) is 5.73. The highest BCUT2D eigenvalue weighted by atomic mass is 16.2. The molecule has 0 aliphatic carbocycles. The van der Waals surface area contributed by atoms with Crippen molar-refractivity contribution in [3.63, 3.8) is 0 Å². The standard InChI is InChI=1S/C9H15N3O/c10-5-1-4-9(13)12-6-2-3-8(11)7-12/h8H,1-4,6-7,11H2/t8-/m0/s1. The van der Waals surface area contributed by atoms with E-state index < -0.39 is 0 Å². The first-order valence-corrected chi connectivity index (χ1v) is 4.64. The van der Waals surface area contributed by atoms with Crippen LogP contribution in [0.15, 0.2) is 0 Å². The average molecular weight is 181 g/mol. The van der Waals surface area contributed by atoms with Crippen molar-refractivity contribution in [3.05, 3.63) is 0 Å². The number of hydrogen-bond donors (Lipinski definition) is 1. The number of amides is 1. The molecule has 0 radical (unpaired) electrons. The van der Waals surface area contributed by atoms with Crippen molar-refractivity contribution in [2.75, 3.05) is 13.1 Å². The van der Waals surface area contributed by atoms with Gasteiger partial charge in [-0.15, -0.1) is 0 Å². The van der Waals surface area contributed by atoms with E-state index in [4.69, 9.17) is 11.0 Å². The second kappa shape index (κ2) is 4.83. The van der Waals surface area contributed by atoms with Crippen LogP contribution in [0.3, 0.4) is 0 Å². The van der Waals surface area contributed by atoms with Crippen LogP contribution in [-0.4, -0.2) is 29.9 Å². The second-order valence-corrected chi connectivity index (χ2v) is 3.40. The minimum atomic E-state index is 0.0664. The number of hydrogen-bond acceptors (Lipinski definition) is 3. The van der Waals surface area contributed by atoms with Gasteiger partial charge in [0, 0.05) is 32.0 Å². The average Bonchev–Trinajstić information content (AvgIpc) is 2.14. The van der Waals surface area contributed by atoms with Gasteiger partial charge < -0.3 is 10.6 Å². The smallest absolute Gasteiger partial charge is 0.223 e. The molecule has 1 fully saturated rings. The summed E-state index contributed by atoms with van der Waals surface area (Å²) in [6.45, 7) is 1.46. The molecular weight excluding hydrogens is 166 g/mol. The van der Waals surface area contributed by atoms with Crippen molar-refractivity contribution < 1.29 is 4.79 Å². The van der Waals surface area contributed by atoms with Gasteiger partial charge in [-0.25, -0.2) is 0 Å². The molecule has 1 rings (SSSR count). The van der Waals surface area contributed by atoms with Crippen LogP contribution in [0.25, 0.3) is 0 Å². The van der Waals surface area contributed by atoms with Gasteiger partial charge in [0.25, 0.3) is 0 Å². The van der Waals surface area contributed by atoms with Crippen LogP contribution in [0, 0.1) is 11.3 Å². The van der Waals surface area contributed by atoms with E-state index in [9.17, 15) is 4.79 Å². The van der Waals surface area contributed by atoms with E-state index in [-0.39, 0.29) is 11.9 Å². The van der Waals surface area contributed by atoms with Crippen molar-refractivity contribution in [3.8, 4) is 6.07 Å². The lowest BCUT2D eigenvalue weighted by Crippen LogP contribution is -2.45. The normalized spacial score (nSPS) is 22.5. The molecule has 0 spiro atoms. The lowest BCUT2D eigenvalue weighted by Gasteiger charge is -2.30. The number of nitrogens with zero attached hydrogens (tertiary/aromatic N) is 2. The Bertz CT molecular complexity index is 221. The molecule has 1 aliphatic heterocycles. The van der Waals surface area contributed by atoms with Gasteiger partial charge in [-0.1, -0.05) is 0 Å². The predicted molar refractivity (Wildman–Crippen MR) is 48.6 cm³/mol. The maximum atomic E-state index is 11.4. The summed E-state index contributed by atoms with van der Waals surface area (Å²) in [6.07, 6.45) is 2.63. The van der Waals surface area contributed by atoms with Crippen LogP contribution in [0.1, 0.15) is 25.7 Å². The maximum Gasteiger partial charge on any atom is 0.223 e. The molecule has 2 N–H and O–H groups in total. The number of likely N-dealkylation sites (tertiary alicyclic amines) is 1. The highest BCUT2D eigenvalue weighted by Gasteiger charge is 2.20. The first-order valence-electron chi connectivity index (χ1n) is 4.64. The Labute approximate surface area is 78.3 Å². The Morgan fingerprint density at radius 2 is 2.46 bits per heavy atom. The molecule has 4 heteroatoms. The van der Waals surface area contributed by atoms with Gasteiger partial charge in [-0.2, -0.15) is 5.26 Å². The summed E-state index contributed by atoms with van der Waals surface area (Å²) in [7, 11) is 0. The molecule has 1 atom stereocenters. The van der Waals surface area contributed by atoms with E-state index in [0.717, 1.165) is 19.4 Å². The van der Waals surface area contributed by atoms with E-state index >= 15 is 0 Å². The quantitative estimate of drug-likeness (QED) is 0.663. The van der Waals surface area contributed by atoms with Crippen molar-refractivity contribution in [1.82, 2.24) is 4.90 Å². The van der Waals surface area contributed by atoms with Crippen LogP contribution < -0.4 is 5.73 Å². The van der Waals surface area contributed by atoms with Crippen LogP contribution in [-0.2, 0) is 4.79 Å². The fourth-order valence-electron chi connectivity index (χ4n) is 1.56. The van der Waals surface area contributed by atoms with Crippen LogP contribution in [0.5, 0.6) is 0 Å². The molecule has 0 aromatic heterocycles. The summed E-state index contributed by atoms with van der Waals surface area (Å²) < 4.78 is 0. The summed E-state index contributed by atoms with van der Waals surface area (Å²) in [4.78, 5) is 13.2. The first-order chi connectivity index (χ1) is 6.24. The molecule has 4 nitrogen and oxygen atoms in total. The van der Waals surface area contributed by atoms with Gasteiger partial charge in [0.2, 0.25) is 5.91 Å². The number of nitrogens with two attached hydrogens (primary N) is 1. The van der Waals surface area contributed by atoms with Gasteiger partial charge >= 0.3 is 0 Å². The lowest BCUT2D eigenvalue weighted by molar-refractivity contribution is -0.132. The molecule has 1 heterocycles. The van der Waals surface area contributed by atoms with Crippen molar-refractivity contribution in [2.45, 2.75) is 31.7 Å². The van der Waals surface area contributed by atoms with E-state index in [2.05, 4.69) is 0 Å². The highest BCUT2D eigenvalue weighted by Crippen LogP contribution is 2.09. The van der Waals surface area contributed by atoms with Gasteiger partial charge in [0.1, 0.15) is 0 Å². The molecule has 1 amide bonds. The third-order valence-corrected chi connectivity index (χ3v) is 2.26. The molecular formula is C9H15N3O. The Hall–Kier alpha value is -1.08. The first kappa shape index (κ1) is 10.0. The monoisotopic (exact) mass is 181 g/mol. The number of piperidine rings is 1. The molecule has 0 saturated carbocycles. The van der Waals surface area contributed by atoms with E-state index in [1.54, 1.807) is 4.90 Å². The fraction of sp³-hybridized carbons (Fsp3) is 0.778. The Balaban J connectivity index is 2.33. The van der Waals surface area contributed by atoms with Crippen LogP contribution in [0.4, 0.5) is 0 Å². The minimum Gasteiger partial charge on any atom is -0.341 e. The van der Waals surface area contributed by atoms with Gasteiger partial charge in [-0.05, 0) is 12.8 Å². The van der Waals surface area contributed by atoms with Crippen LogP contribution >= 0.6 is 0 Å². The zero-order valence-corrected chi connectivity index (χ0v) is 7.70. The second-order valence-electron chi connectivity index (χ2n) is 3.40. The number of carbonyl (C=O) groups is 1. The molecule has 0 unspecified atom stereocenters. The third-order valence-electron chi connectivity index (χ3n) is 2.26. The summed E-state index contributed by atoms with van der Waals surface area (Å²) in [6, 6.07) is 2.09. The molecule has 72 valence electrons. The van der Waals surface area contributed by atoms with E-state index in [1.807, 2.05) is 6.07 Å². The number of nitriles is 1. The molecule has 0 aromatic rings. The topological polar surface area (TPSA) is 70.1 Å². The van der Waals surface area contributed by atoms with Gasteiger partial charge in [0.05, 0.1) is 6.07 Å². The zero-order chi connectivity index (χ0) is 9.68. The molecule has 1 aliphatic rings. The van der Waals surface area contributed by atoms with Crippen molar-refractivity contribution in [1.29, 1.82) is 5.26 Å². The van der Waals surface area contributed by atoms with Crippen molar-refractivity contribution >= 4 is 5.91 Å². The number of rotatable bonds is 2. The third kappa shape index (κ3) is 3.03. The highest BCUT2D eigenvalue weighted by molar-refractivity contribution is 5.76. The lowest BCUT2D eigenvalue weighted by atomic mass is 10.1. The Morgan fingerprint density at radius 1 is 1.69 bits per heavy atom. The van der Waals surface area contributed by atoms with E-state index in [0.29, 0.717) is 19.4 Å². The maximum absolute atomic E-state index is 11.4. The van der Waals surface area contributed by atoms with Crippen LogP contribution in [0.2, 0.25) is 0 Å². The Morgan fingerprint density at radius 3 is 3.08 bits per heavy atom. The van der Waals surface area contributed by atoms with E-state index in [1.165, 1.54) is 0 Å². The zero-order valence-electron chi connectivity index (χ0n) is 7.70. The van der Waals surface area contributed by atoms with Crippen molar-refractivity contribution in [2.24, 2.45) is 5.73 Å². The molecule has 1 saturated heterocycles.